The number of nitrogens with one attached hydrogen (secondary N) is 2. The maximum atomic E-state index is 13.2. The van der Waals surface area contributed by atoms with E-state index < -0.39 is 11.6 Å². The number of rotatable bonds is 6. The summed E-state index contributed by atoms with van der Waals surface area (Å²) in [6, 6.07) is 11.3. The van der Waals surface area contributed by atoms with E-state index in [0.717, 1.165) is 24.5 Å². The lowest BCUT2D eigenvalue weighted by atomic mass is 10.1. The van der Waals surface area contributed by atoms with E-state index >= 15 is 0 Å². The van der Waals surface area contributed by atoms with Gasteiger partial charge in [0.25, 0.3) is 5.91 Å². The van der Waals surface area contributed by atoms with Crippen LogP contribution in [0.5, 0.6) is 0 Å². The second-order valence-corrected chi connectivity index (χ2v) is 6.04. The van der Waals surface area contributed by atoms with Crippen LogP contribution in [-0.4, -0.2) is 18.6 Å². The Morgan fingerprint density at radius 1 is 1.08 bits per heavy atom. The third kappa shape index (κ3) is 4.84. The zero-order valence-electron chi connectivity index (χ0n) is 13.7. The number of ether oxygens (including phenoxy) is 1. The van der Waals surface area contributed by atoms with Crippen LogP contribution in [0.4, 0.5) is 14.5 Å². The van der Waals surface area contributed by atoms with E-state index in [4.69, 9.17) is 4.74 Å². The van der Waals surface area contributed by atoms with Crippen molar-refractivity contribution in [1.29, 1.82) is 0 Å². The molecular formula is C19H20F2N2O2. The summed E-state index contributed by atoms with van der Waals surface area (Å²) >= 11 is 0. The van der Waals surface area contributed by atoms with Gasteiger partial charge in [-0.05, 0) is 48.2 Å². The molecule has 1 heterocycles. The summed E-state index contributed by atoms with van der Waals surface area (Å²) < 4.78 is 31.5. The van der Waals surface area contributed by atoms with E-state index in [2.05, 4.69) is 10.6 Å². The molecule has 0 aromatic heterocycles. The maximum Gasteiger partial charge on any atom is 0.253 e. The van der Waals surface area contributed by atoms with Gasteiger partial charge in [-0.15, -0.1) is 0 Å². The molecule has 25 heavy (non-hydrogen) atoms. The van der Waals surface area contributed by atoms with E-state index in [1.807, 2.05) is 24.3 Å². The van der Waals surface area contributed by atoms with Crippen LogP contribution in [0.25, 0.3) is 0 Å². The van der Waals surface area contributed by atoms with Crippen LogP contribution in [0, 0.1) is 11.6 Å². The second-order valence-electron chi connectivity index (χ2n) is 6.04. The van der Waals surface area contributed by atoms with Crippen LogP contribution in [-0.2, 0) is 22.6 Å². The Bertz CT molecular complexity index is 746. The van der Waals surface area contributed by atoms with Crippen molar-refractivity contribution in [1.82, 2.24) is 5.32 Å². The Balaban J connectivity index is 1.52. The SMILES string of the molecule is O=C(Nc1cccc(CNCc2ccc(F)c(F)c2)c1)[C@@H]1CCCO1. The number of hydrogen-bond acceptors (Lipinski definition) is 3. The molecule has 2 aromatic carbocycles. The molecular weight excluding hydrogens is 326 g/mol. The topological polar surface area (TPSA) is 50.4 Å². The summed E-state index contributed by atoms with van der Waals surface area (Å²) in [7, 11) is 0. The first-order chi connectivity index (χ1) is 12.1. The van der Waals surface area contributed by atoms with Gasteiger partial charge in [-0.3, -0.25) is 4.79 Å². The molecule has 0 aliphatic carbocycles. The average molecular weight is 346 g/mol. The standard InChI is InChI=1S/C19H20F2N2O2/c20-16-7-6-14(10-17(16)21)12-22-11-13-3-1-4-15(9-13)23-19(24)18-5-2-8-25-18/h1,3-4,6-7,9-10,18,22H,2,5,8,11-12H2,(H,23,24)/t18-/m0/s1. The van der Waals surface area contributed by atoms with Gasteiger partial charge < -0.3 is 15.4 Å². The quantitative estimate of drug-likeness (QED) is 0.843. The van der Waals surface area contributed by atoms with Crippen molar-refractivity contribution in [2.24, 2.45) is 0 Å². The second kappa shape index (κ2) is 8.18. The summed E-state index contributed by atoms with van der Waals surface area (Å²) in [5, 5.41) is 6.04. The third-order valence-electron chi connectivity index (χ3n) is 4.06. The molecule has 1 aliphatic rings. The number of anilines is 1. The Morgan fingerprint density at radius 2 is 1.88 bits per heavy atom. The Labute approximate surface area is 145 Å². The molecule has 1 amide bonds. The summed E-state index contributed by atoms with van der Waals surface area (Å²) in [5.74, 6) is -1.82. The van der Waals surface area contributed by atoms with Crippen molar-refractivity contribution in [2.45, 2.75) is 32.0 Å². The molecule has 0 saturated carbocycles. The summed E-state index contributed by atoms with van der Waals surface area (Å²) in [5.41, 5.74) is 2.36. The van der Waals surface area contributed by atoms with Crippen molar-refractivity contribution >= 4 is 11.6 Å². The smallest absolute Gasteiger partial charge is 0.253 e. The Morgan fingerprint density at radius 3 is 2.60 bits per heavy atom. The van der Waals surface area contributed by atoms with Crippen LogP contribution in [0.3, 0.4) is 0 Å². The first-order valence-corrected chi connectivity index (χ1v) is 8.28. The summed E-state index contributed by atoms with van der Waals surface area (Å²) in [6.45, 7) is 1.60. The summed E-state index contributed by atoms with van der Waals surface area (Å²) in [6.07, 6.45) is 1.29. The molecule has 1 fully saturated rings. The molecule has 1 saturated heterocycles. The molecule has 2 N–H and O–H groups in total. The third-order valence-corrected chi connectivity index (χ3v) is 4.06. The fourth-order valence-corrected chi connectivity index (χ4v) is 2.77. The van der Waals surface area contributed by atoms with E-state index in [0.29, 0.717) is 30.9 Å². The van der Waals surface area contributed by atoms with Gasteiger partial charge in [-0.1, -0.05) is 18.2 Å². The fourth-order valence-electron chi connectivity index (χ4n) is 2.77. The van der Waals surface area contributed by atoms with Crippen molar-refractivity contribution in [3.8, 4) is 0 Å². The first-order valence-electron chi connectivity index (χ1n) is 8.28. The molecule has 0 radical (unpaired) electrons. The lowest BCUT2D eigenvalue weighted by molar-refractivity contribution is -0.124. The lowest BCUT2D eigenvalue weighted by Gasteiger charge is -2.12. The lowest BCUT2D eigenvalue weighted by Crippen LogP contribution is -2.26. The van der Waals surface area contributed by atoms with Crippen LogP contribution < -0.4 is 10.6 Å². The number of halogens is 2. The van der Waals surface area contributed by atoms with Crippen LogP contribution >= 0.6 is 0 Å². The number of amides is 1. The molecule has 6 heteroatoms. The van der Waals surface area contributed by atoms with Gasteiger partial charge in [0.15, 0.2) is 11.6 Å². The van der Waals surface area contributed by atoms with E-state index in [9.17, 15) is 13.6 Å². The van der Waals surface area contributed by atoms with Gasteiger partial charge in [0.05, 0.1) is 0 Å². The predicted octanol–water partition coefficient (Wildman–Crippen LogP) is 3.37. The molecule has 0 bridgehead atoms. The van der Waals surface area contributed by atoms with Crippen molar-refractivity contribution in [2.75, 3.05) is 11.9 Å². The zero-order valence-corrected chi connectivity index (χ0v) is 13.7. The molecule has 132 valence electrons. The van der Waals surface area contributed by atoms with E-state index in [1.54, 1.807) is 6.07 Å². The number of benzene rings is 2. The largest absolute Gasteiger partial charge is 0.368 e. The van der Waals surface area contributed by atoms with Crippen LogP contribution in [0.1, 0.15) is 24.0 Å². The highest BCUT2D eigenvalue weighted by Crippen LogP contribution is 2.16. The minimum atomic E-state index is -0.849. The molecule has 0 unspecified atom stereocenters. The monoisotopic (exact) mass is 346 g/mol. The number of carbonyl (C=O) groups is 1. The number of hydrogen-bond donors (Lipinski definition) is 2. The van der Waals surface area contributed by atoms with Crippen molar-refractivity contribution in [3.05, 3.63) is 65.2 Å². The Kier molecular flexibility index (Phi) is 5.73. The van der Waals surface area contributed by atoms with Crippen molar-refractivity contribution < 1.29 is 18.3 Å². The fraction of sp³-hybridized carbons (Fsp3) is 0.316. The molecule has 1 aliphatic heterocycles. The zero-order chi connectivity index (χ0) is 17.6. The van der Waals surface area contributed by atoms with Gasteiger partial charge in [-0.2, -0.15) is 0 Å². The first kappa shape index (κ1) is 17.5. The van der Waals surface area contributed by atoms with Gasteiger partial charge >= 0.3 is 0 Å². The minimum Gasteiger partial charge on any atom is -0.368 e. The van der Waals surface area contributed by atoms with Gasteiger partial charge in [0.1, 0.15) is 6.10 Å². The highest BCUT2D eigenvalue weighted by Gasteiger charge is 2.23. The highest BCUT2D eigenvalue weighted by molar-refractivity contribution is 5.94. The maximum absolute atomic E-state index is 13.2. The average Bonchev–Trinajstić information content (AvgIpc) is 3.13. The molecule has 4 nitrogen and oxygen atoms in total. The summed E-state index contributed by atoms with van der Waals surface area (Å²) in [4.78, 5) is 12.1. The van der Waals surface area contributed by atoms with Gasteiger partial charge in [0.2, 0.25) is 0 Å². The molecule has 1 atom stereocenters. The van der Waals surface area contributed by atoms with Crippen molar-refractivity contribution in [3.63, 3.8) is 0 Å². The Hall–Kier alpha value is -2.31. The van der Waals surface area contributed by atoms with Gasteiger partial charge in [0, 0.05) is 25.4 Å². The van der Waals surface area contributed by atoms with Crippen LogP contribution in [0.15, 0.2) is 42.5 Å². The van der Waals surface area contributed by atoms with E-state index in [1.165, 1.54) is 6.07 Å². The number of carbonyl (C=O) groups excluding carboxylic acids is 1. The van der Waals surface area contributed by atoms with Gasteiger partial charge in [-0.25, -0.2) is 8.78 Å². The molecule has 2 aromatic rings. The highest BCUT2D eigenvalue weighted by atomic mass is 19.2. The normalized spacial score (nSPS) is 16.8. The van der Waals surface area contributed by atoms with E-state index in [-0.39, 0.29) is 12.0 Å². The molecule has 3 rings (SSSR count). The predicted molar refractivity (Wildman–Crippen MR) is 90.9 cm³/mol. The van der Waals surface area contributed by atoms with Crippen LogP contribution in [0.2, 0.25) is 0 Å². The molecule has 0 spiro atoms. The minimum absolute atomic E-state index is 0.121.